The molecule has 0 heterocycles. The van der Waals surface area contributed by atoms with Crippen molar-refractivity contribution in [2.75, 3.05) is 25.6 Å². The lowest BCUT2D eigenvalue weighted by Gasteiger charge is -2.11. The van der Waals surface area contributed by atoms with Gasteiger partial charge in [0.1, 0.15) is 11.5 Å². The summed E-state index contributed by atoms with van der Waals surface area (Å²) in [6, 6.07) is 4.82. The van der Waals surface area contributed by atoms with Gasteiger partial charge >= 0.3 is 5.97 Å². The molecule has 1 N–H and O–H groups in total. The third-order valence-corrected chi connectivity index (χ3v) is 3.65. The van der Waals surface area contributed by atoms with Gasteiger partial charge in [-0.05, 0) is 31.4 Å². The van der Waals surface area contributed by atoms with Gasteiger partial charge in [0, 0.05) is 6.07 Å². The molecule has 0 aliphatic rings. The molecule has 0 saturated heterocycles. The molecule has 0 saturated carbocycles. The first-order valence-corrected chi connectivity index (χ1v) is 9.49. The summed E-state index contributed by atoms with van der Waals surface area (Å²) in [5.41, 5.74) is 0.265. The quantitative estimate of drug-likeness (QED) is 0.368. The Balaban J connectivity index is 2.73. The second-order valence-electron chi connectivity index (χ2n) is 5.17. The Labute approximate surface area is 142 Å². The van der Waals surface area contributed by atoms with Gasteiger partial charge in [-0.25, -0.2) is 4.79 Å². The Morgan fingerprint density at radius 3 is 2.00 bits per heavy atom. The van der Waals surface area contributed by atoms with Crippen molar-refractivity contribution in [3.05, 3.63) is 23.8 Å². The minimum absolute atomic E-state index is 0.0236. The fourth-order valence-electron chi connectivity index (χ4n) is 1.79. The first-order valence-electron chi connectivity index (χ1n) is 7.88. The van der Waals surface area contributed by atoms with Gasteiger partial charge in [-0.3, -0.25) is 4.55 Å². The summed E-state index contributed by atoms with van der Waals surface area (Å²) in [5, 5.41) is 0. The third-order valence-electron chi connectivity index (χ3n) is 2.84. The van der Waals surface area contributed by atoms with Gasteiger partial charge in [0.05, 0.1) is 31.1 Å². The summed E-state index contributed by atoms with van der Waals surface area (Å²) in [7, 11) is -4.05. The van der Waals surface area contributed by atoms with Crippen molar-refractivity contribution in [3.8, 4) is 11.5 Å². The molecule has 0 bridgehead atoms. The SMILES string of the molecule is CCCOc1cc(OCCC)cc(C(=O)OCCCS(=O)(=O)O)c1. The number of carbonyl (C=O) groups excluding carboxylic acids is 1. The first-order chi connectivity index (χ1) is 11.4. The van der Waals surface area contributed by atoms with Crippen LogP contribution in [0.2, 0.25) is 0 Å². The van der Waals surface area contributed by atoms with Crippen LogP contribution in [0.4, 0.5) is 0 Å². The second kappa shape index (κ2) is 10.1. The van der Waals surface area contributed by atoms with Gasteiger partial charge in [0.15, 0.2) is 0 Å². The lowest BCUT2D eigenvalue weighted by atomic mass is 10.2. The maximum Gasteiger partial charge on any atom is 0.338 e. The van der Waals surface area contributed by atoms with Crippen LogP contribution in [0.1, 0.15) is 43.5 Å². The van der Waals surface area contributed by atoms with Gasteiger partial charge in [-0.2, -0.15) is 8.42 Å². The van der Waals surface area contributed by atoms with Crippen molar-refractivity contribution >= 4 is 16.1 Å². The van der Waals surface area contributed by atoms with E-state index in [0.717, 1.165) is 12.8 Å². The summed E-state index contributed by atoms with van der Waals surface area (Å²) in [4.78, 5) is 12.1. The molecule has 0 atom stereocenters. The molecule has 0 aliphatic carbocycles. The number of hydrogen-bond acceptors (Lipinski definition) is 6. The summed E-state index contributed by atoms with van der Waals surface area (Å²) >= 11 is 0. The zero-order valence-electron chi connectivity index (χ0n) is 14.0. The average molecular weight is 360 g/mol. The standard InChI is InChI=1S/C16H24O7S/c1-3-6-21-14-10-13(11-15(12-14)22-7-4-2)16(17)23-8-5-9-24(18,19)20/h10-12H,3-9H2,1-2H3,(H,18,19,20). The predicted molar refractivity (Wildman–Crippen MR) is 89.3 cm³/mol. The van der Waals surface area contributed by atoms with E-state index in [1.807, 2.05) is 13.8 Å². The minimum atomic E-state index is -4.05. The van der Waals surface area contributed by atoms with Crippen LogP contribution in [0.3, 0.4) is 0 Å². The van der Waals surface area contributed by atoms with E-state index in [1.165, 1.54) is 0 Å². The van der Waals surface area contributed by atoms with Crippen molar-refractivity contribution in [2.45, 2.75) is 33.1 Å². The van der Waals surface area contributed by atoms with Crippen molar-refractivity contribution in [2.24, 2.45) is 0 Å². The average Bonchev–Trinajstić information content (AvgIpc) is 2.53. The molecule has 0 radical (unpaired) electrons. The van der Waals surface area contributed by atoms with Gasteiger partial charge in [-0.1, -0.05) is 13.8 Å². The largest absolute Gasteiger partial charge is 0.493 e. The van der Waals surface area contributed by atoms with E-state index in [4.69, 9.17) is 18.8 Å². The van der Waals surface area contributed by atoms with Crippen LogP contribution in [0.25, 0.3) is 0 Å². The van der Waals surface area contributed by atoms with Crippen LogP contribution in [0.15, 0.2) is 18.2 Å². The molecule has 1 aromatic carbocycles. The van der Waals surface area contributed by atoms with Crippen molar-refractivity contribution in [1.29, 1.82) is 0 Å². The lowest BCUT2D eigenvalue weighted by Crippen LogP contribution is -2.11. The highest BCUT2D eigenvalue weighted by Gasteiger charge is 2.13. The fraction of sp³-hybridized carbons (Fsp3) is 0.562. The van der Waals surface area contributed by atoms with Crippen LogP contribution in [0.5, 0.6) is 11.5 Å². The molecule has 1 rings (SSSR count). The molecular weight excluding hydrogens is 336 g/mol. The molecule has 8 heteroatoms. The zero-order valence-corrected chi connectivity index (χ0v) is 14.8. The lowest BCUT2D eigenvalue weighted by molar-refractivity contribution is 0.0504. The van der Waals surface area contributed by atoms with Crippen LogP contribution in [0, 0.1) is 0 Å². The fourth-order valence-corrected chi connectivity index (χ4v) is 2.27. The maximum absolute atomic E-state index is 12.1. The molecule has 1 aromatic rings. The molecule has 0 amide bonds. The van der Waals surface area contributed by atoms with Crippen LogP contribution in [-0.2, 0) is 14.9 Å². The van der Waals surface area contributed by atoms with E-state index in [0.29, 0.717) is 24.7 Å². The maximum atomic E-state index is 12.1. The number of carbonyl (C=O) groups is 1. The Hall–Kier alpha value is -1.80. The number of esters is 1. The first kappa shape index (κ1) is 20.2. The second-order valence-corrected chi connectivity index (χ2v) is 6.74. The van der Waals surface area contributed by atoms with E-state index < -0.39 is 21.8 Å². The normalized spacial score (nSPS) is 11.1. The molecule has 0 fully saturated rings. The monoisotopic (exact) mass is 360 g/mol. The number of benzene rings is 1. The molecule has 0 spiro atoms. The minimum Gasteiger partial charge on any atom is -0.493 e. The van der Waals surface area contributed by atoms with Gasteiger partial charge in [0.25, 0.3) is 10.1 Å². The Kier molecular flexibility index (Phi) is 8.56. The predicted octanol–water partition coefficient (Wildman–Crippen LogP) is 2.70. The van der Waals surface area contributed by atoms with E-state index >= 15 is 0 Å². The highest BCUT2D eigenvalue weighted by atomic mass is 32.2. The van der Waals surface area contributed by atoms with Crippen LogP contribution in [-0.4, -0.2) is 44.5 Å². The van der Waals surface area contributed by atoms with Crippen molar-refractivity contribution in [3.63, 3.8) is 0 Å². The highest BCUT2D eigenvalue weighted by Crippen LogP contribution is 2.24. The molecule has 7 nitrogen and oxygen atoms in total. The van der Waals surface area contributed by atoms with E-state index in [1.54, 1.807) is 18.2 Å². The molecular formula is C16H24O7S. The summed E-state index contributed by atoms with van der Waals surface area (Å²) in [5.74, 6) is -0.0375. The summed E-state index contributed by atoms with van der Waals surface area (Å²) in [6.45, 7) is 4.87. The zero-order chi connectivity index (χ0) is 18.0. The Bertz CT molecular complexity index is 599. The number of ether oxygens (including phenoxy) is 3. The van der Waals surface area contributed by atoms with E-state index in [2.05, 4.69) is 0 Å². The smallest absolute Gasteiger partial charge is 0.338 e. The number of rotatable bonds is 11. The summed E-state index contributed by atoms with van der Waals surface area (Å²) < 4.78 is 46.0. The van der Waals surface area contributed by atoms with Crippen LogP contribution < -0.4 is 9.47 Å². The molecule has 24 heavy (non-hydrogen) atoms. The van der Waals surface area contributed by atoms with Crippen molar-refractivity contribution < 1.29 is 32.0 Å². The highest BCUT2D eigenvalue weighted by molar-refractivity contribution is 7.85. The van der Waals surface area contributed by atoms with E-state index in [9.17, 15) is 13.2 Å². The van der Waals surface area contributed by atoms with Gasteiger partial charge < -0.3 is 14.2 Å². The van der Waals surface area contributed by atoms with Gasteiger partial charge in [-0.15, -0.1) is 0 Å². The van der Waals surface area contributed by atoms with Crippen molar-refractivity contribution in [1.82, 2.24) is 0 Å². The van der Waals surface area contributed by atoms with Gasteiger partial charge in [0.2, 0.25) is 0 Å². The Morgan fingerprint density at radius 1 is 1.00 bits per heavy atom. The topological polar surface area (TPSA) is 99.1 Å². The Morgan fingerprint density at radius 2 is 1.54 bits per heavy atom. The molecule has 0 aromatic heterocycles. The molecule has 136 valence electrons. The summed E-state index contributed by atoms with van der Waals surface area (Å²) in [6.07, 6.45) is 1.68. The number of hydrogen-bond donors (Lipinski definition) is 1. The molecule has 0 unspecified atom stereocenters. The van der Waals surface area contributed by atoms with Crippen LogP contribution >= 0.6 is 0 Å². The van der Waals surface area contributed by atoms with E-state index in [-0.39, 0.29) is 18.6 Å². The molecule has 0 aliphatic heterocycles. The third kappa shape index (κ3) is 8.16.